The molecule has 0 saturated heterocycles. The molecule has 2 unspecified atom stereocenters. The molecule has 0 aromatic rings. The zero-order valence-corrected chi connectivity index (χ0v) is 10.2. The Kier molecular flexibility index (Phi) is 10.3. The van der Waals surface area contributed by atoms with Gasteiger partial charge in [0, 0.05) is 26.3 Å². The fraction of sp³-hybridized carbons (Fsp3) is 1.00. The van der Waals surface area contributed by atoms with Crippen molar-refractivity contribution in [1.29, 1.82) is 0 Å². The average Bonchev–Trinajstić information content (AvgIpc) is 2.22. The molecule has 0 amide bonds. The van der Waals surface area contributed by atoms with Gasteiger partial charge in [-0.2, -0.15) is 0 Å². The topological polar surface area (TPSA) is 50.7 Å². The molecule has 0 bridgehead atoms. The van der Waals surface area contributed by atoms with Crippen molar-refractivity contribution in [3.05, 3.63) is 0 Å². The molecule has 0 aliphatic rings. The fourth-order valence-electron chi connectivity index (χ4n) is 1.17. The fourth-order valence-corrected chi connectivity index (χ4v) is 1.17. The minimum absolute atomic E-state index is 0.264. The molecule has 0 aliphatic carbocycles. The van der Waals surface area contributed by atoms with Gasteiger partial charge in [-0.05, 0) is 13.3 Å². The zero-order chi connectivity index (χ0) is 11.5. The van der Waals surface area contributed by atoms with Crippen molar-refractivity contribution < 1.29 is 14.6 Å². The summed E-state index contributed by atoms with van der Waals surface area (Å²) in [6, 6.07) is 0.264. The Bertz CT molecular complexity index is 133. The Morgan fingerprint density at radius 3 is 2.67 bits per heavy atom. The molecule has 0 aliphatic heterocycles. The van der Waals surface area contributed by atoms with Gasteiger partial charge in [0.05, 0.1) is 19.3 Å². The number of unbranched alkanes of at least 4 members (excludes halogenated alkanes) is 1. The van der Waals surface area contributed by atoms with Gasteiger partial charge < -0.3 is 19.9 Å². The molecular formula is C11H25NO3. The smallest absolute Gasteiger partial charge is 0.0897 e. The first kappa shape index (κ1) is 14.8. The highest BCUT2D eigenvalue weighted by Gasteiger charge is 2.06. The summed E-state index contributed by atoms with van der Waals surface area (Å²) < 4.78 is 10.3. The highest BCUT2D eigenvalue weighted by molar-refractivity contribution is 4.64. The third-order valence-electron chi connectivity index (χ3n) is 2.07. The molecule has 4 heteroatoms. The lowest BCUT2D eigenvalue weighted by atomic mass is 10.3. The van der Waals surface area contributed by atoms with E-state index in [1.807, 2.05) is 6.92 Å². The van der Waals surface area contributed by atoms with Gasteiger partial charge in [-0.25, -0.2) is 0 Å². The summed E-state index contributed by atoms with van der Waals surface area (Å²) in [6.45, 7) is 6.50. The van der Waals surface area contributed by atoms with E-state index in [1.54, 1.807) is 7.11 Å². The number of aliphatic hydroxyl groups excluding tert-OH is 1. The molecule has 0 rings (SSSR count). The molecule has 0 fully saturated rings. The minimum atomic E-state index is -0.429. The van der Waals surface area contributed by atoms with E-state index in [0.717, 1.165) is 19.4 Å². The van der Waals surface area contributed by atoms with E-state index in [-0.39, 0.29) is 6.04 Å². The van der Waals surface area contributed by atoms with Crippen LogP contribution in [0.3, 0.4) is 0 Å². The molecule has 0 saturated carbocycles. The van der Waals surface area contributed by atoms with E-state index < -0.39 is 6.10 Å². The van der Waals surface area contributed by atoms with Crippen LogP contribution in [0.2, 0.25) is 0 Å². The second-order valence-corrected chi connectivity index (χ2v) is 3.85. The van der Waals surface area contributed by atoms with Crippen molar-refractivity contribution in [2.45, 2.75) is 38.8 Å². The Morgan fingerprint density at radius 1 is 1.33 bits per heavy atom. The van der Waals surface area contributed by atoms with Gasteiger partial charge in [0.25, 0.3) is 0 Å². The van der Waals surface area contributed by atoms with Crippen LogP contribution in [0, 0.1) is 0 Å². The van der Waals surface area contributed by atoms with Crippen LogP contribution in [-0.2, 0) is 9.47 Å². The van der Waals surface area contributed by atoms with Gasteiger partial charge in [0.1, 0.15) is 0 Å². The Labute approximate surface area is 93.0 Å². The van der Waals surface area contributed by atoms with Crippen molar-refractivity contribution in [3.8, 4) is 0 Å². The van der Waals surface area contributed by atoms with Crippen LogP contribution in [0.1, 0.15) is 26.7 Å². The van der Waals surface area contributed by atoms with Gasteiger partial charge in [-0.1, -0.05) is 13.3 Å². The average molecular weight is 219 g/mol. The van der Waals surface area contributed by atoms with Crippen molar-refractivity contribution in [2.75, 3.05) is 33.5 Å². The predicted molar refractivity (Wildman–Crippen MR) is 61.1 cm³/mol. The molecule has 0 spiro atoms. The van der Waals surface area contributed by atoms with Crippen LogP contribution in [0.25, 0.3) is 0 Å². The summed E-state index contributed by atoms with van der Waals surface area (Å²) in [6.07, 6.45) is 1.75. The molecule has 15 heavy (non-hydrogen) atoms. The van der Waals surface area contributed by atoms with E-state index in [9.17, 15) is 5.11 Å². The summed E-state index contributed by atoms with van der Waals surface area (Å²) in [7, 11) is 1.67. The lowest BCUT2D eigenvalue weighted by Crippen LogP contribution is -2.38. The normalized spacial score (nSPS) is 15.2. The summed E-state index contributed by atoms with van der Waals surface area (Å²) in [5, 5.41) is 12.7. The molecule has 2 N–H and O–H groups in total. The first-order valence-corrected chi connectivity index (χ1v) is 5.68. The summed E-state index contributed by atoms with van der Waals surface area (Å²) >= 11 is 0. The van der Waals surface area contributed by atoms with Crippen molar-refractivity contribution in [2.24, 2.45) is 0 Å². The van der Waals surface area contributed by atoms with Crippen LogP contribution in [-0.4, -0.2) is 50.7 Å². The lowest BCUT2D eigenvalue weighted by molar-refractivity contribution is 0.0332. The molecule has 0 aromatic carbocycles. The minimum Gasteiger partial charge on any atom is -0.389 e. The largest absolute Gasteiger partial charge is 0.389 e. The first-order chi connectivity index (χ1) is 7.20. The SMILES string of the molecule is CCCCOCC(O)CNC(C)COC. The van der Waals surface area contributed by atoms with Crippen LogP contribution >= 0.6 is 0 Å². The van der Waals surface area contributed by atoms with Crippen LogP contribution < -0.4 is 5.32 Å². The van der Waals surface area contributed by atoms with Crippen molar-refractivity contribution >= 4 is 0 Å². The zero-order valence-electron chi connectivity index (χ0n) is 10.2. The molecule has 2 atom stereocenters. The Hall–Kier alpha value is -0.160. The highest BCUT2D eigenvalue weighted by atomic mass is 16.5. The number of hydrogen-bond acceptors (Lipinski definition) is 4. The molecule has 4 nitrogen and oxygen atoms in total. The molecule has 0 aromatic heterocycles. The first-order valence-electron chi connectivity index (χ1n) is 5.68. The summed E-state index contributed by atoms with van der Waals surface area (Å²) in [4.78, 5) is 0. The third-order valence-corrected chi connectivity index (χ3v) is 2.07. The Balaban J connectivity index is 3.28. The van der Waals surface area contributed by atoms with Gasteiger partial charge in [0.2, 0.25) is 0 Å². The monoisotopic (exact) mass is 219 g/mol. The van der Waals surface area contributed by atoms with E-state index in [4.69, 9.17) is 9.47 Å². The van der Waals surface area contributed by atoms with Crippen molar-refractivity contribution in [1.82, 2.24) is 5.32 Å². The number of hydrogen-bond donors (Lipinski definition) is 2. The van der Waals surface area contributed by atoms with Crippen LogP contribution in [0.5, 0.6) is 0 Å². The number of aliphatic hydroxyl groups is 1. The van der Waals surface area contributed by atoms with Gasteiger partial charge in [-0.15, -0.1) is 0 Å². The van der Waals surface area contributed by atoms with Gasteiger partial charge >= 0.3 is 0 Å². The quantitative estimate of drug-likeness (QED) is 0.533. The summed E-state index contributed by atoms with van der Waals surface area (Å²) in [5.41, 5.74) is 0. The highest BCUT2D eigenvalue weighted by Crippen LogP contribution is 1.91. The molecular weight excluding hydrogens is 194 g/mol. The number of ether oxygens (including phenoxy) is 2. The predicted octanol–water partition coefficient (Wildman–Crippen LogP) is 0.788. The van der Waals surface area contributed by atoms with E-state index >= 15 is 0 Å². The van der Waals surface area contributed by atoms with E-state index in [0.29, 0.717) is 19.8 Å². The van der Waals surface area contributed by atoms with Gasteiger partial charge in [0.15, 0.2) is 0 Å². The van der Waals surface area contributed by atoms with Crippen molar-refractivity contribution in [3.63, 3.8) is 0 Å². The molecule has 92 valence electrons. The molecule has 0 heterocycles. The maximum atomic E-state index is 9.54. The maximum absolute atomic E-state index is 9.54. The second kappa shape index (κ2) is 10.4. The second-order valence-electron chi connectivity index (χ2n) is 3.85. The third kappa shape index (κ3) is 10.1. The van der Waals surface area contributed by atoms with Crippen LogP contribution in [0.4, 0.5) is 0 Å². The van der Waals surface area contributed by atoms with E-state index in [2.05, 4.69) is 12.2 Å². The Morgan fingerprint density at radius 2 is 2.07 bits per heavy atom. The number of nitrogens with one attached hydrogen (secondary N) is 1. The number of methoxy groups -OCH3 is 1. The van der Waals surface area contributed by atoms with E-state index in [1.165, 1.54) is 0 Å². The summed E-state index contributed by atoms with van der Waals surface area (Å²) in [5.74, 6) is 0. The van der Waals surface area contributed by atoms with Crippen LogP contribution in [0.15, 0.2) is 0 Å². The van der Waals surface area contributed by atoms with Gasteiger partial charge in [-0.3, -0.25) is 0 Å². The molecule has 0 radical (unpaired) electrons. The standard InChI is InChI=1S/C11H25NO3/c1-4-5-6-15-9-11(13)7-12-10(2)8-14-3/h10-13H,4-9H2,1-3H3. The number of rotatable bonds is 10. The maximum Gasteiger partial charge on any atom is 0.0897 e. The lowest BCUT2D eigenvalue weighted by Gasteiger charge is -2.16.